The number of aromatic amines is 1. The highest BCUT2D eigenvalue weighted by Gasteiger charge is 2.34. The number of likely N-dealkylation sites (tertiary alicyclic amines) is 1. The lowest BCUT2D eigenvalue weighted by Gasteiger charge is -2.28. The normalized spacial score (nSPS) is 19.3. The Balaban J connectivity index is 2.17. The summed E-state index contributed by atoms with van der Waals surface area (Å²) < 4.78 is 7.13. The number of likely N-dealkylation sites (N-methyl/N-ethyl adjacent to an activating group) is 1. The number of nitrogens with one attached hydrogen (secondary N) is 1. The molecule has 0 saturated carbocycles. The Morgan fingerprint density at radius 1 is 1.43 bits per heavy atom. The minimum atomic E-state index is -0.548. The van der Waals surface area contributed by atoms with Crippen LogP contribution in [0.2, 0.25) is 0 Å². The van der Waals surface area contributed by atoms with Crippen molar-refractivity contribution in [1.29, 1.82) is 0 Å². The third-order valence-corrected chi connectivity index (χ3v) is 3.90. The molecule has 0 aliphatic carbocycles. The van der Waals surface area contributed by atoms with Crippen molar-refractivity contribution in [3.63, 3.8) is 0 Å². The Labute approximate surface area is 124 Å². The zero-order valence-corrected chi connectivity index (χ0v) is 12.3. The number of imidazole rings is 1. The van der Waals surface area contributed by atoms with Crippen LogP contribution in [0.1, 0.15) is 18.9 Å². The van der Waals surface area contributed by atoms with Gasteiger partial charge in [0.15, 0.2) is 10.4 Å². The second-order valence-electron chi connectivity index (χ2n) is 4.73. The molecule has 2 aromatic heterocycles. The first-order valence-corrected chi connectivity index (χ1v) is 6.75. The standard InChI is InChI=1S/C12H13N5O3S/c1-16-7(18)4-3-6(11(16)19)17-9-8(15-12(17)21)10(20-2)14-5-13-9/h5-6H,3-4H2,1-2H3,(H,15,21). The number of nitrogens with zero attached hydrogens (tertiary/aromatic N) is 4. The molecular formula is C12H13N5O3S. The maximum atomic E-state index is 12.3. The number of hydrogen-bond donors (Lipinski definition) is 1. The predicted molar refractivity (Wildman–Crippen MR) is 75.3 cm³/mol. The van der Waals surface area contributed by atoms with E-state index in [0.717, 1.165) is 4.90 Å². The van der Waals surface area contributed by atoms with Crippen LogP contribution in [0, 0.1) is 4.77 Å². The van der Waals surface area contributed by atoms with E-state index in [4.69, 9.17) is 17.0 Å². The van der Waals surface area contributed by atoms with Gasteiger partial charge in [0.2, 0.25) is 11.8 Å². The lowest BCUT2D eigenvalue weighted by molar-refractivity contribution is -0.149. The number of carbonyl (C=O) groups is 2. The molecule has 3 heterocycles. The smallest absolute Gasteiger partial charge is 0.252 e. The van der Waals surface area contributed by atoms with Crippen LogP contribution in [0.3, 0.4) is 0 Å². The van der Waals surface area contributed by atoms with Crippen molar-refractivity contribution < 1.29 is 14.3 Å². The van der Waals surface area contributed by atoms with Gasteiger partial charge in [-0.2, -0.15) is 4.98 Å². The Kier molecular flexibility index (Phi) is 3.20. The second kappa shape index (κ2) is 4.92. The maximum Gasteiger partial charge on any atom is 0.252 e. The van der Waals surface area contributed by atoms with E-state index in [2.05, 4.69) is 15.0 Å². The third-order valence-electron chi connectivity index (χ3n) is 3.60. The maximum absolute atomic E-state index is 12.3. The van der Waals surface area contributed by atoms with Crippen molar-refractivity contribution >= 4 is 35.2 Å². The minimum absolute atomic E-state index is 0.185. The summed E-state index contributed by atoms with van der Waals surface area (Å²) in [5.41, 5.74) is 1.03. The van der Waals surface area contributed by atoms with Crippen LogP contribution < -0.4 is 4.74 Å². The number of amides is 2. The van der Waals surface area contributed by atoms with Crippen LogP contribution in [0.5, 0.6) is 5.88 Å². The quantitative estimate of drug-likeness (QED) is 0.652. The van der Waals surface area contributed by atoms with Crippen LogP contribution >= 0.6 is 12.2 Å². The molecule has 1 aliphatic rings. The van der Waals surface area contributed by atoms with E-state index in [-0.39, 0.29) is 11.8 Å². The second-order valence-corrected chi connectivity index (χ2v) is 5.11. The molecule has 3 rings (SSSR count). The van der Waals surface area contributed by atoms with Gasteiger partial charge >= 0.3 is 0 Å². The molecule has 0 radical (unpaired) electrons. The van der Waals surface area contributed by atoms with Crippen molar-refractivity contribution in [1.82, 2.24) is 24.4 Å². The summed E-state index contributed by atoms with van der Waals surface area (Å²) in [7, 11) is 2.97. The van der Waals surface area contributed by atoms with Crippen LogP contribution in [-0.4, -0.2) is 50.4 Å². The number of piperidine rings is 1. The Hall–Kier alpha value is -2.29. The highest BCUT2D eigenvalue weighted by molar-refractivity contribution is 7.71. The van der Waals surface area contributed by atoms with Gasteiger partial charge in [-0.15, -0.1) is 0 Å². The molecule has 1 saturated heterocycles. The average molecular weight is 307 g/mol. The zero-order valence-electron chi connectivity index (χ0n) is 11.5. The molecule has 0 bridgehead atoms. The molecule has 1 unspecified atom stereocenters. The first kappa shape index (κ1) is 13.7. The summed E-state index contributed by atoms with van der Waals surface area (Å²) in [5.74, 6) is -0.117. The zero-order chi connectivity index (χ0) is 15.1. The minimum Gasteiger partial charge on any atom is -0.479 e. The molecular weight excluding hydrogens is 294 g/mol. The number of H-pyrrole nitrogens is 1. The fourth-order valence-electron chi connectivity index (χ4n) is 2.50. The topological polar surface area (TPSA) is 93.1 Å². The Morgan fingerprint density at radius 3 is 2.90 bits per heavy atom. The molecule has 1 fully saturated rings. The summed E-state index contributed by atoms with van der Waals surface area (Å²) in [6, 6.07) is -0.548. The summed E-state index contributed by atoms with van der Waals surface area (Å²) in [5, 5.41) is 0. The fraction of sp³-hybridized carbons (Fsp3) is 0.417. The molecule has 21 heavy (non-hydrogen) atoms. The molecule has 2 aromatic rings. The van der Waals surface area contributed by atoms with Gasteiger partial charge in [-0.05, 0) is 18.6 Å². The monoisotopic (exact) mass is 307 g/mol. The van der Waals surface area contributed by atoms with E-state index in [9.17, 15) is 9.59 Å². The Bertz CT molecular complexity index is 796. The van der Waals surface area contributed by atoms with E-state index in [1.54, 1.807) is 4.57 Å². The first-order chi connectivity index (χ1) is 10.0. The average Bonchev–Trinajstić information content (AvgIpc) is 2.81. The molecule has 1 aliphatic heterocycles. The van der Waals surface area contributed by atoms with Gasteiger partial charge in [0.25, 0.3) is 5.91 Å². The van der Waals surface area contributed by atoms with Crippen LogP contribution in [0.15, 0.2) is 6.33 Å². The number of hydrogen-bond acceptors (Lipinski definition) is 6. The first-order valence-electron chi connectivity index (χ1n) is 6.34. The van der Waals surface area contributed by atoms with E-state index in [1.165, 1.54) is 20.5 Å². The van der Waals surface area contributed by atoms with Gasteiger partial charge in [-0.3, -0.25) is 19.1 Å². The number of ether oxygens (including phenoxy) is 1. The summed E-state index contributed by atoms with van der Waals surface area (Å²) in [6.07, 6.45) is 2.04. The number of carbonyl (C=O) groups excluding carboxylic acids is 2. The van der Waals surface area contributed by atoms with Crippen molar-refractivity contribution in [2.45, 2.75) is 18.9 Å². The number of aromatic nitrogens is 4. The van der Waals surface area contributed by atoms with Gasteiger partial charge < -0.3 is 9.72 Å². The van der Waals surface area contributed by atoms with E-state index in [1.807, 2.05) is 0 Å². The SMILES string of the molecule is COc1ncnc2c1[nH]c(=S)n2C1CCC(=O)N(C)C1=O. The molecule has 1 N–H and O–H groups in total. The van der Waals surface area contributed by atoms with E-state index < -0.39 is 6.04 Å². The molecule has 8 nitrogen and oxygen atoms in total. The lowest BCUT2D eigenvalue weighted by Crippen LogP contribution is -2.43. The Morgan fingerprint density at radius 2 is 2.19 bits per heavy atom. The van der Waals surface area contributed by atoms with Crippen LogP contribution in [0.4, 0.5) is 0 Å². The van der Waals surface area contributed by atoms with E-state index >= 15 is 0 Å². The predicted octanol–water partition coefficient (Wildman–Crippen LogP) is 0.817. The molecule has 0 aromatic carbocycles. The molecule has 110 valence electrons. The van der Waals surface area contributed by atoms with Crippen LogP contribution in [0.25, 0.3) is 11.2 Å². The molecule has 2 amide bonds. The van der Waals surface area contributed by atoms with Crippen LogP contribution in [-0.2, 0) is 9.59 Å². The van der Waals surface area contributed by atoms with Crippen molar-refractivity contribution in [2.75, 3.05) is 14.2 Å². The van der Waals surface area contributed by atoms with Crippen molar-refractivity contribution in [2.24, 2.45) is 0 Å². The van der Waals surface area contributed by atoms with E-state index in [0.29, 0.717) is 34.7 Å². The summed E-state index contributed by atoms with van der Waals surface area (Å²) in [6.45, 7) is 0. The van der Waals surface area contributed by atoms with Crippen molar-refractivity contribution in [3.05, 3.63) is 11.1 Å². The van der Waals surface area contributed by atoms with Gasteiger partial charge in [-0.1, -0.05) is 0 Å². The largest absolute Gasteiger partial charge is 0.479 e. The highest BCUT2D eigenvalue weighted by atomic mass is 32.1. The lowest BCUT2D eigenvalue weighted by atomic mass is 10.0. The van der Waals surface area contributed by atoms with Crippen molar-refractivity contribution in [3.8, 4) is 5.88 Å². The summed E-state index contributed by atoms with van der Waals surface area (Å²) >= 11 is 5.29. The number of methoxy groups -OCH3 is 1. The number of imide groups is 1. The molecule has 9 heteroatoms. The third kappa shape index (κ3) is 2.00. The van der Waals surface area contributed by atoms with Gasteiger partial charge in [0, 0.05) is 13.5 Å². The molecule has 1 atom stereocenters. The van der Waals surface area contributed by atoms with Gasteiger partial charge in [0.1, 0.15) is 17.9 Å². The summed E-state index contributed by atoms with van der Waals surface area (Å²) in [4.78, 5) is 36.2. The fourth-order valence-corrected chi connectivity index (χ4v) is 2.81. The number of fused-ring (bicyclic) bond motifs is 1. The number of rotatable bonds is 2. The van der Waals surface area contributed by atoms with Gasteiger partial charge in [0.05, 0.1) is 7.11 Å². The highest BCUT2D eigenvalue weighted by Crippen LogP contribution is 2.28. The molecule has 0 spiro atoms. The van der Waals surface area contributed by atoms with Gasteiger partial charge in [-0.25, -0.2) is 4.98 Å².